The van der Waals surface area contributed by atoms with Crippen molar-refractivity contribution in [2.75, 3.05) is 14.7 Å². The molecular weight excluding hydrogens is 850 g/mol. The third-order valence-electron chi connectivity index (χ3n) is 10.9. The van der Waals surface area contributed by atoms with E-state index < -0.39 is 0 Å². The first-order valence-electron chi connectivity index (χ1n) is 21.3. The Kier molecular flexibility index (Phi) is 14.8. The highest BCUT2D eigenvalue weighted by molar-refractivity contribution is 9.10. The van der Waals surface area contributed by atoms with E-state index in [1.165, 1.54) is 55.2 Å². The second-order valence-corrected chi connectivity index (χ2v) is 17.1. The molecule has 0 atom stereocenters. The van der Waals surface area contributed by atoms with Crippen LogP contribution in [0.3, 0.4) is 0 Å². The second kappa shape index (κ2) is 20.7. The summed E-state index contributed by atoms with van der Waals surface area (Å²) in [5.41, 5.74) is 14.2. The summed E-state index contributed by atoms with van der Waals surface area (Å²) < 4.78 is 2.11. The smallest absolute Gasteiger partial charge is 0.0463 e. The minimum Gasteiger partial charge on any atom is -0.311 e. The molecule has 3 nitrogen and oxygen atoms in total. The first-order valence-corrected chi connectivity index (χ1v) is 22.9. The molecule has 0 aliphatic carbocycles. The normalized spacial score (nSPS) is 11.1. The maximum absolute atomic E-state index is 3.67. The maximum Gasteiger partial charge on any atom is 0.0463 e. The van der Waals surface area contributed by atoms with Crippen LogP contribution in [0.25, 0.3) is 0 Å². The average Bonchev–Trinajstić information content (AvgIpc) is 3.28. The predicted molar refractivity (Wildman–Crippen MR) is 262 cm³/mol. The van der Waals surface area contributed by atoms with Gasteiger partial charge < -0.3 is 14.7 Å². The highest BCUT2D eigenvalue weighted by atomic mass is 79.9. The first kappa shape index (κ1) is 42.0. The number of rotatable bonds is 18. The van der Waals surface area contributed by atoms with Crippen LogP contribution in [0.2, 0.25) is 0 Å². The number of nitrogens with zero attached hydrogens (tertiary/aromatic N) is 3. The number of aryl methyl sites for hydroxylation is 3. The summed E-state index contributed by atoms with van der Waals surface area (Å²) in [7, 11) is 0. The van der Waals surface area contributed by atoms with Gasteiger partial charge in [-0.25, -0.2) is 0 Å². The van der Waals surface area contributed by atoms with Gasteiger partial charge in [0.05, 0.1) is 0 Å². The summed E-state index contributed by atoms with van der Waals surface area (Å²) in [6, 6.07) is 62.4. The van der Waals surface area contributed by atoms with Crippen LogP contribution in [0, 0.1) is 0 Å². The fourth-order valence-electron chi connectivity index (χ4n) is 7.60. The van der Waals surface area contributed by atoms with Gasteiger partial charge in [0, 0.05) is 60.1 Å². The van der Waals surface area contributed by atoms with Gasteiger partial charge in [-0.2, -0.15) is 0 Å². The van der Waals surface area contributed by atoms with E-state index in [9.17, 15) is 0 Å². The van der Waals surface area contributed by atoms with Gasteiger partial charge in [-0.15, -0.1) is 0 Å². The van der Waals surface area contributed by atoms with E-state index >= 15 is 0 Å². The van der Waals surface area contributed by atoms with Gasteiger partial charge in [-0.05, 0) is 189 Å². The molecule has 0 bridgehead atoms. The van der Waals surface area contributed by atoms with Crippen LogP contribution in [0.5, 0.6) is 0 Å². The van der Waals surface area contributed by atoms with Crippen LogP contribution < -0.4 is 14.7 Å². The van der Waals surface area contributed by atoms with Crippen molar-refractivity contribution in [1.29, 1.82) is 0 Å². The Morgan fingerprint density at radius 2 is 0.441 bits per heavy atom. The Balaban J connectivity index is 1.24. The van der Waals surface area contributed by atoms with Crippen LogP contribution in [0.1, 0.15) is 76.0 Å². The van der Waals surface area contributed by atoms with Gasteiger partial charge >= 0.3 is 0 Å². The summed E-state index contributed by atoms with van der Waals surface area (Å²) in [5.74, 6) is 0. The SMILES string of the molecule is CCCCc1ccc(N(c2ccc(Br)cc2)c2ccc(N(c3ccc(Br)cc3)c3ccc(N(c4ccc(CCCC)cc4)c4ccc(CCCC)cc4)cc3)cc2)cc1. The zero-order chi connectivity index (χ0) is 41.0. The molecule has 0 saturated carbocycles. The standard InChI is InChI=1S/C54H55Br2N3/c1-4-7-10-41-13-23-46(24-14-41)57(47-25-15-42(16-26-47)11-8-5-2)51-33-37-53(38-34-51)59(50-31-21-45(56)22-32-50)54-39-35-52(36-40-54)58(49-29-19-44(55)20-30-49)48-27-17-43(18-28-48)12-9-6-3/h13-40H,4-12H2,1-3H3. The van der Waals surface area contributed by atoms with Crippen molar-refractivity contribution in [2.24, 2.45) is 0 Å². The summed E-state index contributed by atoms with van der Waals surface area (Å²) in [6.45, 7) is 6.76. The van der Waals surface area contributed by atoms with Crippen molar-refractivity contribution in [3.05, 3.63) is 195 Å². The number of unbranched alkanes of at least 4 members (excludes halogenated alkanes) is 3. The van der Waals surface area contributed by atoms with E-state index in [0.29, 0.717) is 0 Å². The lowest BCUT2D eigenvalue weighted by Gasteiger charge is -2.29. The van der Waals surface area contributed by atoms with E-state index in [4.69, 9.17) is 0 Å². The number of hydrogen-bond donors (Lipinski definition) is 0. The minimum atomic E-state index is 1.05. The van der Waals surface area contributed by atoms with E-state index in [-0.39, 0.29) is 0 Å². The van der Waals surface area contributed by atoms with Gasteiger partial charge in [0.1, 0.15) is 0 Å². The molecule has 0 radical (unpaired) electrons. The van der Waals surface area contributed by atoms with Gasteiger partial charge in [0.2, 0.25) is 0 Å². The third-order valence-corrected chi connectivity index (χ3v) is 12.0. The van der Waals surface area contributed by atoms with Gasteiger partial charge in [0.15, 0.2) is 0 Å². The molecule has 7 aromatic carbocycles. The zero-order valence-electron chi connectivity index (χ0n) is 34.6. The van der Waals surface area contributed by atoms with Crippen LogP contribution in [0.4, 0.5) is 51.2 Å². The molecule has 7 rings (SSSR count). The van der Waals surface area contributed by atoms with Crippen molar-refractivity contribution in [3.63, 3.8) is 0 Å². The molecule has 5 heteroatoms. The quantitative estimate of drug-likeness (QED) is 0.0849. The molecule has 300 valence electrons. The van der Waals surface area contributed by atoms with Crippen LogP contribution in [0.15, 0.2) is 179 Å². The molecule has 0 N–H and O–H groups in total. The third kappa shape index (κ3) is 10.8. The minimum absolute atomic E-state index is 1.05. The summed E-state index contributed by atoms with van der Waals surface area (Å²) in [4.78, 5) is 7.05. The number of halogens is 2. The van der Waals surface area contributed by atoms with Gasteiger partial charge in [0.25, 0.3) is 0 Å². The molecule has 0 aliphatic rings. The number of anilines is 9. The van der Waals surface area contributed by atoms with Crippen molar-refractivity contribution < 1.29 is 0 Å². The molecule has 0 saturated heterocycles. The Morgan fingerprint density at radius 3 is 0.627 bits per heavy atom. The van der Waals surface area contributed by atoms with Crippen LogP contribution in [-0.4, -0.2) is 0 Å². The topological polar surface area (TPSA) is 9.72 Å². The molecule has 59 heavy (non-hydrogen) atoms. The maximum atomic E-state index is 3.67. The van der Waals surface area contributed by atoms with Crippen molar-refractivity contribution in [3.8, 4) is 0 Å². The Labute approximate surface area is 369 Å². The molecule has 0 amide bonds. The lowest BCUT2D eigenvalue weighted by molar-refractivity contribution is 0.795. The predicted octanol–water partition coefficient (Wildman–Crippen LogP) is 17.6. The molecule has 0 aliphatic heterocycles. The monoisotopic (exact) mass is 903 g/mol. The lowest BCUT2D eigenvalue weighted by atomic mass is 10.1. The Bertz CT molecular complexity index is 2270. The lowest BCUT2D eigenvalue weighted by Crippen LogP contribution is -2.13. The average molecular weight is 906 g/mol. The van der Waals surface area contributed by atoms with E-state index in [2.05, 4.69) is 237 Å². The molecule has 0 spiro atoms. The molecule has 0 heterocycles. The summed E-state index contributed by atoms with van der Waals surface area (Å²) in [5, 5.41) is 0. The van der Waals surface area contributed by atoms with Gasteiger partial charge in [-0.1, -0.05) is 108 Å². The van der Waals surface area contributed by atoms with Crippen molar-refractivity contribution in [1.82, 2.24) is 0 Å². The van der Waals surface area contributed by atoms with Gasteiger partial charge in [-0.3, -0.25) is 0 Å². The second-order valence-electron chi connectivity index (χ2n) is 15.3. The largest absolute Gasteiger partial charge is 0.311 e. The first-order chi connectivity index (χ1) is 28.9. The van der Waals surface area contributed by atoms with Crippen molar-refractivity contribution in [2.45, 2.75) is 78.6 Å². The highest BCUT2D eigenvalue weighted by Crippen LogP contribution is 2.42. The summed E-state index contributed by atoms with van der Waals surface area (Å²) in [6.07, 6.45) is 10.5. The molecule has 7 aromatic rings. The zero-order valence-corrected chi connectivity index (χ0v) is 37.8. The fraction of sp³-hybridized carbons (Fsp3) is 0.222. The molecular formula is C54H55Br2N3. The fourth-order valence-corrected chi connectivity index (χ4v) is 8.13. The van der Waals surface area contributed by atoms with E-state index in [1.54, 1.807) is 0 Å². The highest BCUT2D eigenvalue weighted by Gasteiger charge is 2.18. The molecule has 0 aromatic heterocycles. The molecule has 0 fully saturated rings. The molecule has 0 unspecified atom stereocenters. The van der Waals surface area contributed by atoms with Crippen molar-refractivity contribution >= 4 is 83.0 Å². The van der Waals surface area contributed by atoms with Crippen LogP contribution >= 0.6 is 31.9 Å². The van der Waals surface area contributed by atoms with E-state index in [1.807, 2.05) is 0 Å². The van der Waals surface area contributed by atoms with Crippen LogP contribution in [-0.2, 0) is 19.3 Å². The number of benzene rings is 7. The van der Waals surface area contributed by atoms with E-state index in [0.717, 1.165) is 79.4 Å². The summed E-state index contributed by atoms with van der Waals surface area (Å²) >= 11 is 7.31. The Morgan fingerprint density at radius 1 is 0.271 bits per heavy atom. The number of hydrogen-bond acceptors (Lipinski definition) is 3. The Hall–Kier alpha value is -5.10.